The second kappa shape index (κ2) is 45.6. The third-order valence-corrected chi connectivity index (χ3v) is 11.8. The standard InChI is InChI=1S/C55H97N2O6P/c1-6-8-10-11-12-13-14-15-16-17-18-19-20-21-22-23-24-25-26-27-28-29-30-31-32-33-34-35-36-37-38-39-40-41-42-43-44-45-47-49-55(59)56-53(54(58)48-46-9-7-2)52-63-64(60,61)62-51-50-57(3,4)5/h8,10,12-13,15-16,18-19,21-22,24-25,27-28,30-31,53-54,58H,6-7,9,11,14,17,20,23,26,29,32-52H2,1-5H3,(H-,56,59,60,61)/b10-8-,13-12-,16-15-,19-18-,22-21-,25-24-,28-27-,31-30-. The van der Waals surface area contributed by atoms with Crippen LogP contribution in [-0.4, -0.2) is 68.5 Å². The summed E-state index contributed by atoms with van der Waals surface area (Å²) in [5, 5.41) is 13.6. The van der Waals surface area contributed by atoms with Gasteiger partial charge < -0.3 is 28.8 Å². The van der Waals surface area contributed by atoms with Gasteiger partial charge >= 0.3 is 0 Å². The summed E-state index contributed by atoms with van der Waals surface area (Å²) < 4.78 is 23.0. The molecule has 0 rings (SSSR count). The number of phosphoric acid groups is 1. The molecular weight excluding hydrogens is 816 g/mol. The molecule has 0 saturated carbocycles. The van der Waals surface area contributed by atoms with Crippen LogP contribution in [0.25, 0.3) is 0 Å². The highest BCUT2D eigenvalue weighted by Crippen LogP contribution is 2.38. The number of amides is 1. The number of quaternary nitrogens is 1. The van der Waals surface area contributed by atoms with Crippen molar-refractivity contribution in [2.75, 3.05) is 40.9 Å². The summed E-state index contributed by atoms with van der Waals surface area (Å²) in [7, 11) is 1.29. The van der Waals surface area contributed by atoms with Crippen LogP contribution in [0.4, 0.5) is 0 Å². The number of nitrogens with zero attached hydrogens (tertiary/aromatic N) is 1. The average Bonchev–Trinajstić information content (AvgIpc) is 3.25. The maximum atomic E-state index is 12.7. The number of carbonyl (C=O) groups excluding carboxylic acids is 1. The monoisotopic (exact) mass is 913 g/mol. The zero-order valence-electron chi connectivity index (χ0n) is 41.7. The topological polar surface area (TPSA) is 108 Å². The predicted octanol–water partition coefficient (Wildman–Crippen LogP) is 14.5. The van der Waals surface area contributed by atoms with Crippen LogP contribution in [0.5, 0.6) is 0 Å². The molecule has 0 fully saturated rings. The molecule has 0 saturated heterocycles. The zero-order valence-corrected chi connectivity index (χ0v) is 42.6. The van der Waals surface area contributed by atoms with Crippen LogP contribution in [0.1, 0.15) is 194 Å². The van der Waals surface area contributed by atoms with E-state index >= 15 is 0 Å². The number of allylic oxidation sites excluding steroid dienone is 16. The van der Waals surface area contributed by atoms with E-state index in [2.05, 4.69) is 116 Å². The second-order valence-corrected chi connectivity index (χ2v) is 19.6. The Morgan fingerprint density at radius 3 is 1.36 bits per heavy atom. The van der Waals surface area contributed by atoms with Crippen molar-refractivity contribution in [2.45, 2.75) is 206 Å². The Hall–Kier alpha value is -2.58. The highest BCUT2D eigenvalue weighted by atomic mass is 31.2. The molecule has 0 aliphatic heterocycles. The van der Waals surface area contributed by atoms with Gasteiger partial charge in [-0.15, -0.1) is 0 Å². The van der Waals surface area contributed by atoms with Crippen molar-refractivity contribution in [3.63, 3.8) is 0 Å². The number of hydrogen-bond acceptors (Lipinski definition) is 6. The Kier molecular flexibility index (Phi) is 43.7. The van der Waals surface area contributed by atoms with Crippen molar-refractivity contribution in [2.24, 2.45) is 0 Å². The van der Waals surface area contributed by atoms with E-state index in [0.29, 0.717) is 23.9 Å². The molecule has 0 radical (unpaired) electrons. The van der Waals surface area contributed by atoms with Crippen LogP contribution >= 0.6 is 7.82 Å². The van der Waals surface area contributed by atoms with Crippen LogP contribution in [0.15, 0.2) is 97.2 Å². The summed E-state index contributed by atoms with van der Waals surface area (Å²) in [5.41, 5.74) is 0. The lowest BCUT2D eigenvalue weighted by Crippen LogP contribution is -2.46. The maximum Gasteiger partial charge on any atom is 0.268 e. The molecule has 0 aromatic heterocycles. The van der Waals surface area contributed by atoms with Gasteiger partial charge in [0.1, 0.15) is 13.2 Å². The lowest BCUT2D eigenvalue weighted by atomic mass is 10.0. The first kappa shape index (κ1) is 61.4. The highest BCUT2D eigenvalue weighted by Gasteiger charge is 2.24. The predicted molar refractivity (Wildman–Crippen MR) is 274 cm³/mol. The van der Waals surface area contributed by atoms with Gasteiger partial charge in [-0.2, -0.15) is 0 Å². The molecule has 368 valence electrons. The number of phosphoric ester groups is 1. The first-order chi connectivity index (χ1) is 31.0. The summed E-state index contributed by atoms with van der Waals surface area (Å²) in [6.07, 6.45) is 65.4. The smallest absolute Gasteiger partial charge is 0.268 e. The Balaban J connectivity index is 3.77. The van der Waals surface area contributed by atoms with Crippen LogP contribution in [-0.2, 0) is 18.4 Å². The van der Waals surface area contributed by atoms with E-state index in [9.17, 15) is 19.4 Å². The molecule has 3 atom stereocenters. The molecule has 8 nitrogen and oxygen atoms in total. The van der Waals surface area contributed by atoms with E-state index in [1.165, 1.54) is 77.0 Å². The summed E-state index contributed by atoms with van der Waals surface area (Å²) in [5.74, 6) is -0.181. The van der Waals surface area contributed by atoms with Crippen molar-refractivity contribution in [1.82, 2.24) is 5.32 Å². The van der Waals surface area contributed by atoms with Gasteiger partial charge in [0.05, 0.1) is 39.9 Å². The Morgan fingerprint density at radius 2 is 0.953 bits per heavy atom. The minimum absolute atomic E-state index is 0.00710. The number of carbonyl (C=O) groups is 1. The highest BCUT2D eigenvalue weighted by molar-refractivity contribution is 7.45. The number of hydrogen-bond donors (Lipinski definition) is 2. The van der Waals surface area contributed by atoms with Gasteiger partial charge in [-0.05, 0) is 77.0 Å². The normalized spacial score (nSPS) is 14.9. The Morgan fingerprint density at radius 1 is 0.562 bits per heavy atom. The van der Waals surface area contributed by atoms with E-state index in [1.807, 2.05) is 21.1 Å². The largest absolute Gasteiger partial charge is 0.756 e. The summed E-state index contributed by atoms with van der Waals surface area (Å²) >= 11 is 0. The van der Waals surface area contributed by atoms with Gasteiger partial charge in [-0.25, -0.2) is 0 Å². The fourth-order valence-electron chi connectivity index (χ4n) is 6.82. The number of aliphatic hydroxyl groups excluding tert-OH is 1. The molecule has 3 unspecified atom stereocenters. The molecule has 0 aromatic rings. The SMILES string of the molecule is CC/C=C\C/C=C\C/C=C\C/C=C\C/C=C\C/C=C\C/C=C\C/C=C\CCCCCCCCCCCCCCCCC(=O)NC(COP(=O)([O-])OCC[N+](C)(C)C)C(O)CCCCC. The van der Waals surface area contributed by atoms with Gasteiger partial charge in [-0.3, -0.25) is 9.36 Å². The van der Waals surface area contributed by atoms with Gasteiger partial charge in [0.15, 0.2) is 0 Å². The number of rotatable bonds is 45. The molecule has 9 heteroatoms. The Labute approximate surface area is 394 Å². The van der Waals surface area contributed by atoms with Crippen molar-refractivity contribution in [3.05, 3.63) is 97.2 Å². The van der Waals surface area contributed by atoms with Crippen molar-refractivity contribution < 1.29 is 32.9 Å². The number of aliphatic hydroxyl groups is 1. The quantitative estimate of drug-likeness (QED) is 0.0273. The van der Waals surface area contributed by atoms with E-state index in [0.717, 1.165) is 89.9 Å². The first-order valence-electron chi connectivity index (χ1n) is 25.6. The van der Waals surface area contributed by atoms with Gasteiger partial charge in [0.2, 0.25) is 5.91 Å². The molecule has 64 heavy (non-hydrogen) atoms. The molecule has 2 N–H and O–H groups in total. The fraction of sp³-hybridized carbons (Fsp3) is 0.691. The average molecular weight is 913 g/mol. The van der Waals surface area contributed by atoms with Gasteiger partial charge in [-0.1, -0.05) is 207 Å². The fourth-order valence-corrected chi connectivity index (χ4v) is 7.54. The third kappa shape index (κ3) is 47.4. The van der Waals surface area contributed by atoms with Crippen LogP contribution in [0.2, 0.25) is 0 Å². The molecule has 0 spiro atoms. The minimum Gasteiger partial charge on any atom is -0.756 e. The van der Waals surface area contributed by atoms with Crippen LogP contribution in [0, 0.1) is 0 Å². The van der Waals surface area contributed by atoms with Crippen LogP contribution in [0.3, 0.4) is 0 Å². The minimum atomic E-state index is -4.55. The molecular formula is C55H97N2O6P. The molecule has 0 aromatic carbocycles. The lowest BCUT2D eigenvalue weighted by Gasteiger charge is -2.30. The van der Waals surface area contributed by atoms with Gasteiger partial charge in [0, 0.05) is 6.42 Å². The molecule has 0 heterocycles. The van der Waals surface area contributed by atoms with Crippen molar-refractivity contribution in [3.8, 4) is 0 Å². The van der Waals surface area contributed by atoms with E-state index in [1.54, 1.807) is 0 Å². The summed E-state index contributed by atoms with van der Waals surface area (Å²) in [6.45, 7) is 4.41. The van der Waals surface area contributed by atoms with Crippen molar-refractivity contribution in [1.29, 1.82) is 0 Å². The second-order valence-electron chi connectivity index (χ2n) is 18.1. The molecule has 0 bridgehead atoms. The van der Waals surface area contributed by atoms with E-state index in [-0.39, 0.29) is 19.1 Å². The molecule has 0 aliphatic rings. The summed E-state index contributed by atoms with van der Waals surface area (Å²) in [6, 6.07) is -0.800. The van der Waals surface area contributed by atoms with Gasteiger partial charge in [0.25, 0.3) is 7.82 Å². The van der Waals surface area contributed by atoms with E-state index in [4.69, 9.17) is 9.05 Å². The van der Waals surface area contributed by atoms with E-state index < -0.39 is 20.0 Å². The summed E-state index contributed by atoms with van der Waals surface area (Å²) in [4.78, 5) is 25.0. The van der Waals surface area contributed by atoms with Crippen molar-refractivity contribution >= 4 is 13.7 Å². The molecule has 0 aliphatic carbocycles. The number of unbranched alkanes of at least 4 members (excludes halogenated alkanes) is 16. The zero-order chi connectivity index (χ0) is 47.1. The maximum absolute atomic E-state index is 12.7. The number of nitrogens with one attached hydrogen (secondary N) is 1. The third-order valence-electron chi connectivity index (χ3n) is 10.8. The lowest BCUT2D eigenvalue weighted by molar-refractivity contribution is -0.870. The molecule has 1 amide bonds. The number of likely N-dealkylation sites (N-methyl/N-ethyl adjacent to an activating group) is 1. The van der Waals surface area contributed by atoms with Crippen LogP contribution < -0.4 is 10.2 Å². The Bertz CT molecular complexity index is 1360. The first-order valence-corrected chi connectivity index (χ1v) is 27.0.